The van der Waals surface area contributed by atoms with Gasteiger partial charge in [0.25, 0.3) is 5.91 Å². The Morgan fingerprint density at radius 3 is 2.39 bits per heavy atom. The summed E-state index contributed by atoms with van der Waals surface area (Å²) in [5.74, 6) is 0.379. The maximum atomic E-state index is 12.4. The number of carbonyl (C=O) groups is 2. The van der Waals surface area contributed by atoms with Gasteiger partial charge in [-0.05, 0) is 55.8 Å². The van der Waals surface area contributed by atoms with E-state index in [2.05, 4.69) is 22.0 Å². The van der Waals surface area contributed by atoms with Crippen LogP contribution in [0, 0.1) is 13.8 Å². The van der Waals surface area contributed by atoms with Crippen molar-refractivity contribution in [1.82, 2.24) is 5.32 Å². The van der Waals surface area contributed by atoms with Gasteiger partial charge in [0, 0.05) is 29.0 Å². The molecule has 6 heteroatoms. The third-order valence-corrected chi connectivity index (χ3v) is 4.88. The minimum absolute atomic E-state index is 0.158. The lowest BCUT2D eigenvalue weighted by molar-refractivity contribution is -0.114. The average molecular weight is 418 g/mol. The molecule has 0 radical (unpaired) electrons. The number of aryl methyl sites for hydroxylation is 2. The van der Waals surface area contributed by atoms with E-state index < -0.39 is 0 Å². The summed E-state index contributed by atoms with van der Waals surface area (Å²) in [7, 11) is 1.60. The topological polar surface area (TPSA) is 79.5 Å². The average Bonchev–Trinajstić information content (AvgIpc) is 2.77. The van der Waals surface area contributed by atoms with E-state index in [9.17, 15) is 9.59 Å². The molecule has 0 heterocycles. The van der Waals surface area contributed by atoms with E-state index in [0.717, 1.165) is 22.6 Å². The maximum absolute atomic E-state index is 12.4. The molecule has 0 saturated heterocycles. The third-order valence-electron chi connectivity index (χ3n) is 4.88. The number of rotatable bonds is 8. The SMILES string of the molecule is COc1ccccc1CNC(=O)c1ccc(NC(=O)CNc2ccc(C)cc2C)cc1. The Labute approximate surface area is 182 Å². The molecule has 31 heavy (non-hydrogen) atoms. The monoisotopic (exact) mass is 417 g/mol. The molecule has 0 aliphatic carbocycles. The highest BCUT2D eigenvalue weighted by Crippen LogP contribution is 2.18. The molecule has 6 nitrogen and oxygen atoms in total. The van der Waals surface area contributed by atoms with E-state index in [0.29, 0.717) is 17.8 Å². The zero-order valence-electron chi connectivity index (χ0n) is 18.0. The molecule has 0 unspecified atom stereocenters. The summed E-state index contributed by atoms with van der Waals surface area (Å²) in [4.78, 5) is 24.7. The van der Waals surface area contributed by atoms with Crippen LogP contribution in [0.25, 0.3) is 0 Å². The summed E-state index contributed by atoms with van der Waals surface area (Å²) in [5.41, 5.74) is 5.26. The largest absolute Gasteiger partial charge is 0.496 e. The van der Waals surface area contributed by atoms with Crippen LogP contribution in [0.15, 0.2) is 66.7 Å². The normalized spacial score (nSPS) is 10.3. The molecular weight excluding hydrogens is 390 g/mol. The second-order valence-electron chi connectivity index (χ2n) is 7.29. The van der Waals surface area contributed by atoms with Crippen molar-refractivity contribution in [3.8, 4) is 5.75 Å². The number of ether oxygens (including phenoxy) is 1. The van der Waals surface area contributed by atoms with Crippen molar-refractivity contribution in [1.29, 1.82) is 0 Å². The number of hydrogen-bond acceptors (Lipinski definition) is 4. The lowest BCUT2D eigenvalue weighted by Gasteiger charge is -2.11. The summed E-state index contributed by atoms with van der Waals surface area (Å²) in [6, 6.07) is 20.4. The number of para-hydroxylation sites is 1. The standard InChI is InChI=1S/C25H27N3O3/c1-17-8-13-22(18(2)14-17)26-16-24(29)28-21-11-9-19(10-12-21)25(30)27-15-20-6-4-5-7-23(20)31-3/h4-14,26H,15-16H2,1-3H3,(H,27,30)(H,28,29). The van der Waals surface area contributed by atoms with Crippen LogP contribution in [0.2, 0.25) is 0 Å². The van der Waals surface area contributed by atoms with Gasteiger partial charge in [-0.3, -0.25) is 9.59 Å². The Morgan fingerprint density at radius 2 is 1.68 bits per heavy atom. The van der Waals surface area contributed by atoms with Crippen LogP contribution in [-0.4, -0.2) is 25.5 Å². The summed E-state index contributed by atoms with van der Waals surface area (Å²) in [6.45, 7) is 4.56. The smallest absolute Gasteiger partial charge is 0.251 e. The molecule has 3 aromatic rings. The second kappa shape index (κ2) is 10.3. The van der Waals surface area contributed by atoms with Crippen molar-refractivity contribution >= 4 is 23.2 Å². The molecule has 3 rings (SSSR count). The Bertz CT molecular complexity index is 1060. The van der Waals surface area contributed by atoms with Crippen molar-refractivity contribution in [2.24, 2.45) is 0 Å². The molecule has 0 atom stereocenters. The summed E-state index contributed by atoms with van der Waals surface area (Å²) in [5, 5.41) is 8.86. The maximum Gasteiger partial charge on any atom is 0.251 e. The first-order valence-electron chi connectivity index (χ1n) is 10.1. The minimum atomic E-state index is -0.194. The van der Waals surface area contributed by atoms with Gasteiger partial charge >= 0.3 is 0 Å². The number of hydrogen-bond donors (Lipinski definition) is 3. The fourth-order valence-electron chi connectivity index (χ4n) is 3.22. The fraction of sp³-hybridized carbons (Fsp3) is 0.200. The fourth-order valence-corrected chi connectivity index (χ4v) is 3.22. The van der Waals surface area contributed by atoms with Crippen LogP contribution in [0.1, 0.15) is 27.0 Å². The van der Waals surface area contributed by atoms with E-state index in [1.807, 2.05) is 50.2 Å². The van der Waals surface area contributed by atoms with Crippen molar-refractivity contribution in [3.63, 3.8) is 0 Å². The van der Waals surface area contributed by atoms with Gasteiger partial charge < -0.3 is 20.7 Å². The number of carbonyl (C=O) groups excluding carboxylic acids is 2. The molecule has 0 spiro atoms. The lowest BCUT2D eigenvalue weighted by Crippen LogP contribution is -2.23. The molecule has 0 aliphatic rings. The van der Waals surface area contributed by atoms with Crippen molar-refractivity contribution < 1.29 is 14.3 Å². The lowest BCUT2D eigenvalue weighted by atomic mass is 10.1. The quantitative estimate of drug-likeness (QED) is 0.511. The Morgan fingerprint density at radius 1 is 0.935 bits per heavy atom. The number of anilines is 2. The third kappa shape index (κ3) is 6.09. The highest BCUT2D eigenvalue weighted by Gasteiger charge is 2.09. The van der Waals surface area contributed by atoms with Gasteiger partial charge in [0.1, 0.15) is 5.75 Å². The Hall–Kier alpha value is -3.80. The molecule has 0 fully saturated rings. The van der Waals surface area contributed by atoms with Gasteiger partial charge in [0.2, 0.25) is 5.91 Å². The van der Waals surface area contributed by atoms with E-state index >= 15 is 0 Å². The summed E-state index contributed by atoms with van der Waals surface area (Å²) in [6.07, 6.45) is 0. The molecule has 0 bridgehead atoms. The van der Waals surface area contributed by atoms with E-state index in [1.54, 1.807) is 31.4 Å². The molecule has 0 saturated carbocycles. The highest BCUT2D eigenvalue weighted by molar-refractivity contribution is 5.96. The van der Waals surface area contributed by atoms with Crippen LogP contribution in [0.4, 0.5) is 11.4 Å². The van der Waals surface area contributed by atoms with Gasteiger partial charge in [-0.2, -0.15) is 0 Å². The molecule has 160 valence electrons. The predicted octanol–water partition coefficient (Wildman–Crippen LogP) is 4.29. The van der Waals surface area contributed by atoms with Crippen LogP contribution in [0.3, 0.4) is 0 Å². The molecule has 0 aromatic heterocycles. The zero-order chi connectivity index (χ0) is 22.2. The van der Waals surface area contributed by atoms with Crippen LogP contribution < -0.4 is 20.7 Å². The highest BCUT2D eigenvalue weighted by atomic mass is 16.5. The number of methoxy groups -OCH3 is 1. The molecule has 3 aromatic carbocycles. The van der Waals surface area contributed by atoms with E-state index in [4.69, 9.17) is 4.74 Å². The van der Waals surface area contributed by atoms with Crippen molar-refractivity contribution in [3.05, 3.63) is 89.0 Å². The summed E-state index contributed by atoms with van der Waals surface area (Å²) < 4.78 is 5.30. The van der Waals surface area contributed by atoms with Gasteiger partial charge in [-0.1, -0.05) is 35.9 Å². The summed E-state index contributed by atoms with van der Waals surface area (Å²) >= 11 is 0. The first-order chi connectivity index (χ1) is 15.0. The van der Waals surface area contributed by atoms with E-state index in [1.165, 1.54) is 5.56 Å². The number of amides is 2. The van der Waals surface area contributed by atoms with E-state index in [-0.39, 0.29) is 18.4 Å². The van der Waals surface area contributed by atoms with Crippen molar-refractivity contribution in [2.75, 3.05) is 24.3 Å². The van der Waals surface area contributed by atoms with Gasteiger partial charge in [0.05, 0.1) is 13.7 Å². The first kappa shape index (κ1) is 21.9. The second-order valence-corrected chi connectivity index (χ2v) is 7.29. The van der Waals surface area contributed by atoms with Gasteiger partial charge in [-0.15, -0.1) is 0 Å². The van der Waals surface area contributed by atoms with Crippen molar-refractivity contribution in [2.45, 2.75) is 20.4 Å². The number of nitrogens with one attached hydrogen (secondary N) is 3. The molecule has 0 aliphatic heterocycles. The molecule has 3 N–H and O–H groups in total. The van der Waals surface area contributed by atoms with Crippen LogP contribution >= 0.6 is 0 Å². The molecule has 2 amide bonds. The minimum Gasteiger partial charge on any atom is -0.496 e. The Balaban J connectivity index is 1.51. The number of benzene rings is 3. The zero-order valence-corrected chi connectivity index (χ0v) is 18.0. The predicted molar refractivity (Wildman–Crippen MR) is 124 cm³/mol. The van der Waals surface area contributed by atoms with Gasteiger partial charge in [0.15, 0.2) is 0 Å². The Kier molecular flexibility index (Phi) is 7.27. The van der Waals surface area contributed by atoms with Gasteiger partial charge in [-0.25, -0.2) is 0 Å². The first-order valence-corrected chi connectivity index (χ1v) is 10.1. The van der Waals surface area contributed by atoms with Crippen LogP contribution in [0.5, 0.6) is 5.75 Å². The van der Waals surface area contributed by atoms with Crippen LogP contribution in [-0.2, 0) is 11.3 Å². The molecular formula is C25H27N3O3.